The highest BCUT2D eigenvalue weighted by Crippen LogP contribution is 2.67. The Hall–Kier alpha value is -2.70. The molecule has 1 aromatic carbocycles. The summed E-state index contributed by atoms with van der Waals surface area (Å²) in [5.74, 6) is -3.44. The number of rotatable bonds is 3. The number of ether oxygens (including phenoxy) is 1. The van der Waals surface area contributed by atoms with Crippen LogP contribution < -0.4 is 0 Å². The molecular weight excluding hydrogens is 312 g/mol. The zero-order chi connectivity index (χ0) is 17.6. The van der Waals surface area contributed by atoms with E-state index in [1.165, 1.54) is 14.1 Å². The number of urea groups is 1. The van der Waals surface area contributed by atoms with E-state index < -0.39 is 41.1 Å². The number of carbonyl (C=O) groups excluding carboxylic acids is 4. The number of amides is 4. The van der Waals surface area contributed by atoms with Crippen molar-refractivity contribution < 1.29 is 23.9 Å². The van der Waals surface area contributed by atoms with Crippen molar-refractivity contribution in [1.29, 1.82) is 0 Å². The second-order valence-electron chi connectivity index (χ2n) is 6.00. The molecular formula is C17H18N2O5. The molecule has 1 aromatic rings. The fourth-order valence-corrected chi connectivity index (χ4v) is 3.63. The molecule has 1 heterocycles. The Labute approximate surface area is 139 Å². The molecule has 2 unspecified atom stereocenters. The fourth-order valence-electron chi connectivity index (χ4n) is 3.63. The highest BCUT2D eigenvalue weighted by atomic mass is 16.5. The second kappa shape index (κ2) is 5.43. The lowest BCUT2D eigenvalue weighted by molar-refractivity contribution is -0.156. The SMILES string of the molecule is CCOC(=O)C1C(c2ccccc2)C12C(=O)N(C)C(=O)N(C)C2=O. The Morgan fingerprint density at radius 2 is 1.62 bits per heavy atom. The van der Waals surface area contributed by atoms with Gasteiger partial charge in [-0.15, -0.1) is 0 Å². The van der Waals surface area contributed by atoms with E-state index in [1.807, 2.05) is 6.07 Å². The highest BCUT2D eigenvalue weighted by Gasteiger charge is 2.81. The summed E-state index contributed by atoms with van der Waals surface area (Å²) in [6, 6.07) is 8.20. The summed E-state index contributed by atoms with van der Waals surface area (Å²) in [6.45, 7) is 1.82. The van der Waals surface area contributed by atoms with Crippen LogP contribution in [0.2, 0.25) is 0 Å². The van der Waals surface area contributed by atoms with Crippen molar-refractivity contribution in [3.8, 4) is 0 Å². The van der Waals surface area contributed by atoms with Crippen LogP contribution in [0.25, 0.3) is 0 Å². The van der Waals surface area contributed by atoms with Crippen LogP contribution in [-0.2, 0) is 19.1 Å². The molecule has 0 N–H and O–H groups in total. The molecule has 1 aliphatic heterocycles. The van der Waals surface area contributed by atoms with Crippen molar-refractivity contribution in [3.63, 3.8) is 0 Å². The van der Waals surface area contributed by atoms with Crippen molar-refractivity contribution in [2.75, 3.05) is 20.7 Å². The number of nitrogens with zero attached hydrogens (tertiary/aromatic N) is 2. The first-order valence-electron chi connectivity index (χ1n) is 7.70. The molecule has 1 saturated heterocycles. The highest BCUT2D eigenvalue weighted by molar-refractivity contribution is 6.24. The number of benzene rings is 1. The molecule has 2 atom stereocenters. The lowest BCUT2D eigenvalue weighted by Gasteiger charge is -2.34. The summed E-state index contributed by atoms with van der Waals surface area (Å²) in [5, 5.41) is 0. The minimum atomic E-state index is -1.59. The molecule has 0 radical (unpaired) electrons. The molecule has 0 aromatic heterocycles. The molecule has 2 aliphatic rings. The molecule has 4 amide bonds. The van der Waals surface area contributed by atoms with Gasteiger partial charge in [-0.1, -0.05) is 30.3 Å². The fraction of sp³-hybridized carbons (Fsp3) is 0.412. The number of hydrogen-bond acceptors (Lipinski definition) is 5. The van der Waals surface area contributed by atoms with Gasteiger partial charge in [0.15, 0.2) is 5.41 Å². The summed E-state index contributed by atoms with van der Waals surface area (Å²) in [4.78, 5) is 51.9. The van der Waals surface area contributed by atoms with Gasteiger partial charge in [0.2, 0.25) is 11.8 Å². The van der Waals surface area contributed by atoms with Gasteiger partial charge in [-0.3, -0.25) is 24.2 Å². The number of esters is 1. The normalized spacial score (nSPS) is 25.2. The first kappa shape index (κ1) is 16.2. The Morgan fingerprint density at radius 1 is 1.08 bits per heavy atom. The van der Waals surface area contributed by atoms with Gasteiger partial charge in [0.25, 0.3) is 0 Å². The maximum Gasteiger partial charge on any atom is 0.332 e. The monoisotopic (exact) mass is 330 g/mol. The van der Waals surface area contributed by atoms with Crippen molar-refractivity contribution in [3.05, 3.63) is 35.9 Å². The van der Waals surface area contributed by atoms with Gasteiger partial charge in [-0.05, 0) is 12.5 Å². The van der Waals surface area contributed by atoms with Crippen LogP contribution in [-0.4, -0.2) is 54.3 Å². The molecule has 7 nitrogen and oxygen atoms in total. The Kier molecular flexibility index (Phi) is 3.66. The lowest BCUT2D eigenvalue weighted by Crippen LogP contribution is -2.59. The topological polar surface area (TPSA) is 84.0 Å². The quantitative estimate of drug-likeness (QED) is 0.610. The lowest BCUT2D eigenvalue weighted by atomic mass is 9.93. The largest absolute Gasteiger partial charge is 0.466 e. The van der Waals surface area contributed by atoms with Crippen LogP contribution in [0.4, 0.5) is 4.79 Å². The Bertz CT molecular complexity index is 706. The van der Waals surface area contributed by atoms with E-state index in [1.54, 1.807) is 31.2 Å². The summed E-state index contributed by atoms with van der Waals surface area (Å²) in [6.07, 6.45) is 0. The summed E-state index contributed by atoms with van der Waals surface area (Å²) in [5.41, 5.74) is -0.890. The first-order valence-corrected chi connectivity index (χ1v) is 7.70. The van der Waals surface area contributed by atoms with Crippen LogP contribution in [0, 0.1) is 11.3 Å². The van der Waals surface area contributed by atoms with E-state index in [0.717, 1.165) is 9.80 Å². The van der Waals surface area contributed by atoms with E-state index in [0.29, 0.717) is 5.56 Å². The Balaban J connectivity index is 2.11. The van der Waals surface area contributed by atoms with Gasteiger partial charge in [0.05, 0.1) is 12.5 Å². The predicted molar refractivity (Wildman–Crippen MR) is 82.7 cm³/mol. The minimum absolute atomic E-state index is 0.153. The van der Waals surface area contributed by atoms with E-state index in [-0.39, 0.29) is 6.61 Å². The number of barbiturate groups is 1. The van der Waals surface area contributed by atoms with Crippen LogP contribution >= 0.6 is 0 Å². The molecule has 2 fully saturated rings. The van der Waals surface area contributed by atoms with Crippen LogP contribution in [0.5, 0.6) is 0 Å². The van der Waals surface area contributed by atoms with Crippen molar-refractivity contribution in [1.82, 2.24) is 9.80 Å². The zero-order valence-electron chi connectivity index (χ0n) is 13.7. The van der Waals surface area contributed by atoms with Gasteiger partial charge in [-0.2, -0.15) is 0 Å². The van der Waals surface area contributed by atoms with E-state index in [9.17, 15) is 19.2 Å². The van der Waals surface area contributed by atoms with Crippen molar-refractivity contribution >= 4 is 23.8 Å². The number of hydrogen-bond donors (Lipinski definition) is 0. The average molecular weight is 330 g/mol. The third kappa shape index (κ3) is 1.90. The van der Waals surface area contributed by atoms with E-state index in [2.05, 4.69) is 0 Å². The van der Waals surface area contributed by atoms with Crippen LogP contribution in [0.1, 0.15) is 18.4 Å². The van der Waals surface area contributed by atoms with Gasteiger partial charge in [0, 0.05) is 20.0 Å². The minimum Gasteiger partial charge on any atom is -0.466 e. The Morgan fingerprint density at radius 3 is 2.12 bits per heavy atom. The average Bonchev–Trinajstić information content (AvgIpc) is 3.29. The summed E-state index contributed by atoms with van der Waals surface area (Å²) < 4.78 is 5.07. The second-order valence-corrected chi connectivity index (χ2v) is 6.00. The van der Waals surface area contributed by atoms with Gasteiger partial charge in [0.1, 0.15) is 0 Å². The molecule has 0 bridgehead atoms. The molecule has 126 valence electrons. The molecule has 1 saturated carbocycles. The third-order valence-corrected chi connectivity index (χ3v) is 4.80. The van der Waals surface area contributed by atoms with Gasteiger partial charge in [-0.25, -0.2) is 4.79 Å². The molecule has 3 rings (SSSR count). The molecule has 7 heteroatoms. The van der Waals surface area contributed by atoms with Crippen molar-refractivity contribution in [2.45, 2.75) is 12.8 Å². The van der Waals surface area contributed by atoms with Crippen LogP contribution in [0.15, 0.2) is 30.3 Å². The standard InChI is InChI=1S/C17H18N2O5/c1-4-24-13(20)12-11(10-8-6-5-7-9-10)17(12)14(21)18(2)16(23)19(3)15(17)22/h5-9,11-12H,4H2,1-3H3. The molecule has 1 spiro atoms. The van der Waals surface area contributed by atoms with Gasteiger partial charge >= 0.3 is 12.0 Å². The number of carbonyl (C=O) groups is 4. The predicted octanol–water partition coefficient (Wildman–Crippen LogP) is 1.000. The molecule has 24 heavy (non-hydrogen) atoms. The summed E-state index contributed by atoms with van der Waals surface area (Å²) >= 11 is 0. The summed E-state index contributed by atoms with van der Waals surface area (Å²) in [7, 11) is 2.63. The van der Waals surface area contributed by atoms with E-state index in [4.69, 9.17) is 4.74 Å². The van der Waals surface area contributed by atoms with E-state index >= 15 is 0 Å². The molecule has 1 aliphatic carbocycles. The zero-order valence-corrected chi connectivity index (χ0v) is 13.7. The smallest absolute Gasteiger partial charge is 0.332 e. The third-order valence-electron chi connectivity index (χ3n) is 4.80. The van der Waals surface area contributed by atoms with Crippen LogP contribution in [0.3, 0.4) is 0 Å². The van der Waals surface area contributed by atoms with Crippen molar-refractivity contribution in [2.24, 2.45) is 11.3 Å². The number of imide groups is 2. The first-order chi connectivity index (χ1) is 11.4. The maximum absolute atomic E-state index is 12.8. The van der Waals surface area contributed by atoms with Gasteiger partial charge < -0.3 is 4.74 Å². The maximum atomic E-state index is 12.8.